The Kier molecular flexibility index (Phi) is 3.96. The minimum atomic E-state index is -0.570. The van der Waals surface area contributed by atoms with Crippen molar-refractivity contribution < 1.29 is 9.53 Å². The largest absolute Gasteiger partial charge is 0.449 e. The Morgan fingerprint density at radius 2 is 2.18 bits per heavy atom. The number of rotatable bonds is 4. The number of hydrogen-bond acceptors (Lipinski definition) is 7. The van der Waals surface area contributed by atoms with E-state index in [4.69, 9.17) is 4.74 Å². The molecule has 1 amide bonds. The molecule has 0 saturated heterocycles. The van der Waals surface area contributed by atoms with Gasteiger partial charge in [0.15, 0.2) is 5.82 Å². The highest BCUT2D eigenvalue weighted by atomic mass is 32.2. The SMILES string of the molecule is CCOC(=O)NNc1nc2nc(SC)nn2c2ccccc12. The molecule has 2 heterocycles. The van der Waals surface area contributed by atoms with Crippen molar-refractivity contribution in [1.29, 1.82) is 0 Å². The molecule has 114 valence electrons. The number of anilines is 1. The topological polar surface area (TPSA) is 93.4 Å². The van der Waals surface area contributed by atoms with E-state index in [0.29, 0.717) is 23.4 Å². The van der Waals surface area contributed by atoms with Crippen molar-refractivity contribution in [3.8, 4) is 0 Å². The van der Waals surface area contributed by atoms with E-state index in [-0.39, 0.29) is 0 Å². The van der Waals surface area contributed by atoms with E-state index >= 15 is 0 Å². The van der Waals surface area contributed by atoms with Crippen LogP contribution in [0.5, 0.6) is 0 Å². The number of nitrogens with one attached hydrogen (secondary N) is 2. The van der Waals surface area contributed by atoms with Crippen molar-refractivity contribution in [1.82, 2.24) is 25.0 Å². The van der Waals surface area contributed by atoms with E-state index in [1.54, 1.807) is 11.4 Å². The fourth-order valence-corrected chi connectivity index (χ4v) is 2.33. The first-order chi connectivity index (χ1) is 10.7. The zero-order chi connectivity index (χ0) is 15.5. The van der Waals surface area contributed by atoms with Crippen LogP contribution in [0.25, 0.3) is 16.7 Å². The number of carbonyl (C=O) groups is 1. The highest BCUT2D eigenvalue weighted by Gasteiger charge is 2.12. The Balaban J connectivity index is 2.05. The number of carbonyl (C=O) groups excluding carboxylic acids is 1. The third-order valence-corrected chi connectivity index (χ3v) is 3.45. The average Bonchev–Trinajstić information content (AvgIpc) is 2.96. The van der Waals surface area contributed by atoms with Gasteiger partial charge in [0.25, 0.3) is 5.78 Å². The van der Waals surface area contributed by atoms with Crippen LogP contribution < -0.4 is 10.9 Å². The first kappa shape index (κ1) is 14.4. The van der Waals surface area contributed by atoms with Crippen molar-refractivity contribution in [2.75, 3.05) is 18.3 Å². The number of amides is 1. The van der Waals surface area contributed by atoms with Crippen LogP contribution in [0.15, 0.2) is 29.4 Å². The van der Waals surface area contributed by atoms with E-state index in [9.17, 15) is 4.79 Å². The van der Waals surface area contributed by atoms with Crippen LogP contribution in [0, 0.1) is 0 Å². The predicted molar refractivity (Wildman–Crippen MR) is 83.8 cm³/mol. The number of para-hydroxylation sites is 1. The Morgan fingerprint density at radius 3 is 2.95 bits per heavy atom. The summed E-state index contributed by atoms with van der Waals surface area (Å²) in [6.45, 7) is 2.03. The molecule has 0 aliphatic rings. The second-order valence-electron chi connectivity index (χ2n) is 4.26. The Morgan fingerprint density at radius 1 is 1.36 bits per heavy atom. The summed E-state index contributed by atoms with van der Waals surface area (Å²) in [5.41, 5.74) is 6.05. The number of thioether (sulfide) groups is 1. The van der Waals surface area contributed by atoms with E-state index < -0.39 is 6.09 Å². The number of fused-ring (bicyclic) bond motifs is 3. The van der Waals surface area contributed by atoms with Gasteiger partial charge in [0.05, 0.1) is 12.1 Å². The summed E-state index contributed by atoms with van der Waals surface area (Å²) in [6, 6.07) is 7.60. The Labute approximate surface area is 130 Å². The second-order valence-corrected chi connectivity index (χ2v) is 5.03. The van der Waals surface area contributed by atoms with Gasteiger partial charge in [0.1, 0.15) is 0 Å². The van der Waals surface area contributed by atoms with Gasteiger partial charge in [-0.05, 0) is 25.3 Å². The molecule has 2 aromatic heterocycles. The summed E-state index contributed by atoms with van der Waals surface area (Å²) >= 11 is 1.44. The van der Waals surface area contributed by atoms with Crippen LogP contribution in [0.3, 0.4) is 0 Å². The molecule has 8 nitrogen and oxygen atoms in total. The zero-order valence-corrected chi connectivity index (χ0v) is 12.8. The molecule has 0 aliphatic heterocycles. The smallest absolute Gasteiger partial charge is 0.425 e. The van der Waals surface area contributed by atoms with Crippen LogP contribution in [-0.2, 0) is 4.74 Å². The van der Waals surface area contributed by atoms with Gasteiger partial charge >= 0.3 is 6.09 Å². The maximum atomic E-state index is 11.4. The number of nitrogens with zero attached hydrogens (tertiary/aromatic N) is 4. The highest BCUT2D eigenvalue weighted by Crippen LogP contribution is 2.23. The molecule has 2 N–H and O–H groups in total. The van der Waals surface area contributed by atoms with Crippen molar-refractivity contribution in [2.24, 2.45) is 0 Å². The van der Waals surface area contributed by atoms with Gasteiger partial charge < -0.3 is 4.74 Å². The number of hydrogen-bond donors (Lipinski definition) is 2. The molecule has 0 aliphatic carbocycles. The number of benzene rings is 1. The van der Waals surface area contributed by atoms with E-state index in [1.807, 2.05) is 30.5 Å². The molecular formula is C13H14N6O2S. The summed E-state index contributed by atoms with van der Waals surface area (Å²) < 4.78 is 6.49. The van der Waals surface area contributed by atoms with Gasteiger partial charge in [-0.2, -0.15) is 14.5 Å². The first-order valence-corrected chi connectivity index (χ1v) is 7.83. The molecule has 0 fully saturated rings. The van der Waals surface area contributed by atoms with Crippen molar-refractivity contribution in [3.63, 3.8) is 0 Å². The lowest BCUT2D eigenvalue weighted by molar-refractivity contribution is 0.154. The lowest BCUT2D eigenvalue weighted by Crippen LogP contribution is -2.30. The number of ether oxygens (including phenoxy) is 1. The summed E-state index contributed by atoms with van der Waals surface area (Å²) in [4.78, 5) is 20.1. The van der Waals surface area contributed by atoms with Crippen LogP contribution >= 0.6 is 11.8 Å². The monoisotopic (exact) mass is 318 g/mol. The molecule has 3 rings (SSSR count). The lowest BCUT2D eigenvalue weighted by atomic mass is 10.2. The van der Waals surface area contributed by atoms with Gasteiger partial charge in [-0.15, -0.1) is 5.10 Å². The van der Waals surface area contributed by atoms with Crippen molar-refractivity contribution in [3.05, 3.63) is 24.3 Å². The molecule has 0 atom stereocenters. The Bertz CT molecular complexity index is 834. The molecule has 0 radical (unpaired) electrons. The fraction of sp³-hybridized carbons (Fsp3) is 0.231. The van der Waals surface area contributed by atoms with Crippen LogP contribution in [0.4, 0.5) is 10.6 Å². The molecular weight excluding hydrogens is 304 g/mol. The standard InChI is InChI=1S/C13H14N6O2S/c1-3-21-13(20)17-16-10-8-6-4-5-7-9(8)19-11(14-10)15-12(18-19)22-2/h4-7H,3H2,1-2H3,(H,17,20)(H,14,15,16,18). The highest BCUT2D eigenvalue weighted by molar-refractivity contribution is 7.98. The number of hydrazine groups is 1. The summed E-state index contributed by atoms with van der Waals surface area (Å²) in [5, 5.41) is 5.83. The minimum Gasteiger partial charge on any atom is -0.449 e. The van der Waals surface area contributed by atoms with E-state index in [0.717, 1.165) is 10.9 Å². The quantitative estimate of drug-likeness (QED) is 0.562. The predicted octanol–water partition coefficient (Wildman–Crippen LogP) is 2.07. The third-order valence-electron chi connectivity index (χ3n) is 2.91. The zero-order valence-electron chi connectivity index (χ0n) is 12.0. The third kappa shape index (κ3) is 2.62. The normalized spacial score (nSPS) is 10.8. The molecule has 22 heavy (non-hydrogen) atoms. The second kappa shape index (κ2) is 6.06. The van der Waals surface area contributed by atoms with Crippen molar-refractivity contribution >= 4 is 40.4 Å². The summed E-state index contributed by atoms with van der Waals surface area (Å²) in [5.74, 6) is 0.937. The molecule has 0 spiro atoms. The first-order valence-electron chi connectivity index (χ1n) is 6.61. The molecule has 0 saturated carbocycles. The van der Waals surface area contributed by atoms with Crippen molar-refractivity contribution in [2.45, 2.75) is 12.1 Å². The van der Waals surface area contributed by atoms with Gasteiger partial charge in [0.2, 0.25) is 5.16 Å². The van der Waals surface area contributed by atoms with Crippen LogP contribution in [-0.4, -0.2) is 38.5 Å². The molecule has 0 unspecified atom stereocenters. The van der Waals surface area contributed by atoms with Gasteiger partial charge in [-0.1, -0.05) is 23.9 Å². The number of aromatic nitrogens is 4. The summed E-state index contributed by atoms with van der Waals surface area (Å²) in [6.07, 6.45) is 1.33. The lowest BCUT2D eigenvalue weighted by Gasteiger charge is -2.10. The molecule has 1 aromatic carbocycles. The van der Waals surface area contributed by atoms with Gasteiger partial charge in [-0.25, -0.2) is 10.2 Å². The maximum Gasteiger partial charge on any atom is 0.425 e. The van der Waals surface area contributed by atoms with E-state index in [1.165, 1.54) is 11.8 Å². The van der Waals surface area contributed by atoms with Crippen LogP contribution in [0.2, 0.25) is 0 Å². The molecule has 0 bridgehead atoms. The average molecular weight is 318 g/mol. The molecule has 9 heteroatoms. The van der Waals surface area contributed by atoms with Crippen LogP contribution in [0.1, 0.15) is 6.92 Å². The summed E-state index contributed by atoms with van der Waals surface area (Å²) in [7, 11) is 0. The fourth-order valence-electron chi connectivity index (χ4n) is 2.00. The Hall–Kier alpha value is -2.55. The van der Waals surface area contributed by atoms with Gasteiger partial charge in [0, 0.05) is 5.39 Å². The minimum absolute atomic E-state index is 0.294. The van der Waals surface area contributed by atoms with Gasteiger partial charge in [-0.3, -0.25) is 5.43 Å². The van der Waals surface area contributed by atoms with E-state index in [2.05, 4.69) is 25.9 Å². The maximum absolute atomic E-state index is 11.4. The molecule has 3 aromatic rings.